The standard InChI is InChI=1S/C27H35N3O3/c1-26(2,3)33-25(32)28-27(21-10-6-4-7-11-21)16-14-22(15-17-27)29-18-19-30(24(31)20-29)23-12-8-5-9-13-23/h4-13,22H,14-20H2,1-3H3,(H,28,32)/t22-,27-. The van der Waals surface area contributed by atoms with Crippen LogP contribution in [0.2, 0.25) is 0 Å². The van der Waals surface area contributed by atoms with Crippen LogP contribution < -0.4 is 10.2 Å². The molecule has 2 aromatic carbocycles. The molecule has 1 heterocycles. The maximum atomic E-state index is 12.9. The van der Waals surface area contributed by atoms with Crippen molar-refractivity contribution >= 4 is 17.7 Å². The van der Waals surface area contributed by atoms with Gasteiger partial charge in [-0.1, -0.05) is 48.5 Å². The number of nitrogens with zero attached hydrogens (tertiary/aromatic N) is 2. The van der Waals surface area contributed by atoms with Crippen molar-refractivity contribution in [3.05, 3.63) is 66.2 Å². The van der Waals surface area contributed by atoms with Crippen LogP contribution in [0.1, 0.15) is 52.0 Å². The van der Waals surface area contributed by atoms with E-state index in [0.717, 1.165) is 43.5 Å². The minimum atomic E-state index is -0.544. The SMILES string of the molecule is CC(C)(C)OC(=O)N[C@]1(c2ccccc2)CC[C@@H](N2CCN(c3ccccc3)C(=O)C2)CC1. The summed E-state index contributed by atoms with van der Waals surface area (Å²) < 4.78 is 5.59. The Kier molecular flexibility index (Phi) is 6.75. The molecule has 0 aromatic heterocycles. The lowest BCUT2D eigenvalue weighted by Gasteiger charge is -2.46. The van der Waals surface area contributed by atoms with E-state index in [-0.39, 0.29) is 12.0 Å². The Bertz CT molecular complexity index is 948. The summed E-state index contributed by atoms with van der Waals surface area (Å²) in [5.41, 5.74) is 1.09. The first-order valence-electron chi connectivity index (χ1n) is 11.9. The third-order valence-corrected chi connectivity index (χ3v) is 6.71. The van der Waals surface area contributed by atoms with E-state index < -0.39 is 11.1 Å². The molecule has 0 radical (unpaired) electrons. The number of benzene rings is 2. The number of ether oxygens (including phenoxy) is 1. The Hall–Kier alpha value is -2.86. The highest BCUT2D eigenvalue weighted by atomic mass is 16.6. The lowest BCUT2D eigenvalue weighted by atomic mass is 9.74. The molecular formula is C27H35N3O3. The molecule has 1 aliphatic heterocycles. The van der Waals surface area contributed by atoms with Crippen molar-refractivity contribution in [2.45, 2.75) is 63.6 Å². The van der Waals surface area contributed by atoms with Crippen LogP contribution in [0.5, 0.6) is 0 Å². The van der Waals surface area contributed by atoms with Crippen LogP contribution in [0, 0.1) is 0 Å². The number of piperazine rings is 1. The molecule has 2 aliphatic rings. The van der Waals surface area contributed by atoms with Crippen molar-refractivity contribution in [3.63, 3.8) is 0 Å². The van der Waals surface area contributed by atoms with E-state index in [2.05, 4.69) is 22.3 Å². The third kappa shape index (κ3) is 5.56. The van der Waals surface area contributed by atoms with E-state index in [0.29, 0.717) is 19.1 Å². The Morgan fingerprint density at radius 3 is 2.15 bits per heavy atom. The van der Waals surface area contributed by atoms with Crippen LogP contribution >= 0.6 is 0 Å². The number of rotatable bonds is 4. The summed E-state index contributed by atoms with van der Waals surface area (Å²) in [6, 6.07) is 20.4. The van der Waals surface area contributed by atoms with E-state index in [1.54, 1.807) is 0 Å². The molecule has 4 rings (SSSR count). The largest absolute Gasteiger partial charge is 0.444 e. The van der Waals surface area contributed by atoms with Gasteiger partial charge in [-0.3, -0.25) is 9.69 Å². The van der Waals surface area contributed by atoms with Gasteiger partial charge in [0, 0.05) is 24.8 Å². The molecule has 6 heteroatoms. The second kappa shape index (κ2) is 9.56. The van der Waals surface area contributed by atoms with Crippen molar-refractivity contribution in [2.75, 3.05) is 24.5 Å². The molecule has 1 N–H and O–H groups in total. The molecule has 0 spiro atoms. The van der Waals surface area contributed by atoms with E-state index >= 15 is 0 Å². The predicted molar refractivity (Wildman–Crippen MR) is 130 cm³/mol. The van der Waals surface area contributed by atoms with E-state index in [4.69, 9.17) is 4.74 Å². The summed E-state index contributed by atoms with van der Waals surface area (Å²) in [5, 5.41) is 3.21. The number of carbonyl (C=O) groups is 2. The Labute approximate surface area is 196 Å². The van der Waals surface area contributed by atoms with Gasteiger partial charge in [0.15, 0.2) is 0 Å². The zero-order valence-electron chi connectivity index (χ0n) is 19.9. The molecule has 0 unspecified atom stereocenters. The van der Waals surface area contributed by atoms with Gasteiger partial charge in [0.25, 0.3) is 0 Å². The van der Waals surface area contributed by atoms with Crippen molar-refractivity contribution in [3.8, 4) is 0 Å². The lowest BCUT2D eigenvalue weighted by Crippen LogP contribution is -2.57. The topological polar surface area (TPSA) is 61.9 Å². The van der Waals surface area contributed by atoms with E-state index in [1.165, 1.54) is 0 Å². The first kappa shape index (κ1) is 23.3. The normalized spacial score (nSPS) is 24.4. The fourth-order valence-electron chi connectivity index (χ4n) is 5.09. The van der Waals surface area contributed by atoms with Crippen molar-refractivity contribution in [2.24, 2.45) is 0 Å². The zero-order chi connectivity index (χ0) is 23.5. The van der Waals surface area contributed by atoms with Gasteiger partial charge in [0.2, 0.25) is 5.91 Å². The number of para-hydroxylation sites is 1. The van der Waals surface area contributed by atoms with E-state index in [9.17, 15) is 9.59 Å². The first-order valence-corrected chi connectivity index (χ1v) is 11.9. The summed E-state index contributed by atoms with van der Waals surface area (Å²) in [6.45, 7) is 7.65. The van der Waals surface area contributed by atoms with Crippen LogP contribution in [0.15, 0.2) is 60.7 Å². The number of anilines is 1. The maximum absolute atomic E-state index is 12.9. The van der Waals surface area contributed by atoms with Gasteiger partial charge in [-0.2, -0.15) is 0 Å². The fraction of sp³-hybridized carbons (Fsp3) is 0.481. The number of nitrogens with one attached hydrogen (secondary N) is 1. The molecule has 1 aliphatic carbocycles. The lowest BCUT2D eigenvalue weighted by molar-refractivity contribution is -0.122. The zero-order valence-corrected chi connectivity index (χ0v) is 19.9. The summed E-state index contributed by atoms with van der Waals surface area (Å²) >= 11 is 0. The molecule has 2 amide bonds. The molecule has 1 saturated carbocycles. The number of alkyl carbamates (subject to hydrolysis) is 1. The van der Waals surface area contributed by atoms with Crippen LogP contribution in [0.25, 0.3) is 0 Å². The van der Waals surface area contributed by atoms with Gasteiger partial charge in [0.05, 0.1) is 12.1 Å². The van der Waals surface area contributed by atoms with Crippen LogP contribution in [0.4, 0.5) is 10.5 Å². The quantitative estimate of drug-likeness (QED) is 0.735. The fourth-order valence-corrected chi connectivity index (χ4v) is 5.09. The summed E-state index contributed by atoms with van der Waals surface area (Å²) in [4.78, 5) is 29.8. The monoisotopic (exact) mass is 449 g/mol. The molecule has 176 valence electrons. The van der Waals surface area contributed by atoms with Crippen molar-refractivity contribution < 1.29 is 14.3 Å². The Balaban J connectivity index is 1.42. The van der Waals surface area contributed by atoms with Gasteiger partial charge >= 0.3 is 6.09 Å². The minimum Gasteiger partial charge on any atom is -0.444 e. The first-order chi connectivity index (χ1) is 15.8. The molecule has 33 heavy (non-hydrogen) atoms. The maximum Gasteiger partial charge on any atom is 0.408 e. The summed E-state index contributed by atoms with van der Waals surface area (Å²) in [6.07, 6.45) is 3.09. The van der Waals surface area contributed by atoms with Crippen LogP contribution in [0.3, 0.4) is 0 Å². The molecule has 6 nitrogen and oxygen atoms in total. The predicted octanol–water partition coefficient (Wildman–Crippen LogP) is 4.70. The van der Waals surface area contributed by atoms with Gasteiger partial charge in [-0.25, -0.2) is 4.79 Å². The van der Waals surface area contributed by atoms with Crippen LogP contribution in [-0.4, -0.2) is 48.2 Å². The minimum absolute atomic E-state index is 0.152. The van der Waals surface area contributed by atoms with E-state index in [1.807, 2.05) is 74.2 Å². The van der Waals surface area contributed by atoms with Gasteiger partial charge in [0.1, 0.15) is 5.60 Å². The number of amides is 2. The third-order valence-electron chi connectivity index (χ3n) is 6.71. The van der Waals surface area contributed by atoms with Crippen molar-refractivity contribution in [1.29, 1.82) is 0 Å². The second-order valence-electron chi connectivity index (χ2n) is 10.2. The Morgan fingerprint density at radius 1 is 0.970 bits per heavy atom. The highest BCUT2D eigenvalue weighted by molar-refractivity contribution is 5.95. The number of hydrogen-bond donors (Lipinski definition) is 1. The average molecular weight is 450 g/mol. The average Bonchev–Trinajstić information content (AvgIpc) is 2.79. The highest BCUT2D eigenvalue weighted by Crippen LogP contribution is 2.39. The Morgan fingerprint density at radius 2 is 1.58 bits per heavy atom. The van der Waals surface area contributed by atoms with Crippen LogP contribution in [-0.2, 0) is 15.1 Å². The molecular weight excluding hydrogens is 414 g/mol. The van der Waals surface area contributed by atoms with Gasteiger partial charge in [-0.15, -0.1) is 0 Å². The number of carbonyl (C=O) groups excluding carboxylic acids is 2. The van der Waals surface area contributed by atoms with Gasteiger partial charge < -0.3 is 15.0 Å². The molecule has 2 fully saturated rings. The second-order valence-corrected chi connectivity index (χ2v) is 10.2. The summed E-state index contributed by atoms with van der Waals surface area (Å²) in [7, 11) is 0. The summed E-state index contributed by atoms with van der Waals surface area (Å²) in [5.74, 6) is 0.152. The molecule has 1 saturated heterocycles. The molecule has 2 aromatic rings. The highest BCUT2D eigenvalue weighted by Gasteiger charge is 2.41. The molecule has 0 atom stereocenters. The molecule has 0 bridgehead atoms. The van der Waals surface area contributed by atoms with Gasteiger partial charge in [-0.05, 0) is 64.2 Å². The number of hydrogen-bond acceptors (Lipinski definition) is 4. The van der Waals surface area contributed by atoms with Crippen molar-refractivity contribution in [1.82, 2.24) is 10.2 Å². The smallest absolute Gasteiger partial charge is 0.408 e.